The maximum Gasteiger partial charge on any atom is 0.380 e. The predicted octanol–water partition coefficient (Wildman–Crippen LogP) is -0.137. The Morgan fingerprint density at radius 1 is 1.33 bits per heavy atom. The third-order valence-electron chi connectivity index (χ3n) is 0.943. The van der Waals surface area contributed by atoms with Crippen LogP contribution in [0.4, 0.5) is 0 Å². The van der Waals surface area contributed by atoms with E-state index < -0.39 is 11.9 Å². The summed E-state index contributed by atoms with van der Waals surface area (Å²) in [6, 6.07) is 0. The van der Waals surface area contributed by atoms with Gasteiger partial charge in [0.15, 0.2) is 5.76 Å². The fraction of sp³-hybridized carbons (Fsp3) is 0.429. The summed E-state index contributed by atoms with van der Waals surface area (Å²) in [6.07, 6.45) is 0. The summed E-state index contributed by atoms with van der Waals surface area (Å²) in [5.74, 6) is -1.90. The van der Waals surface area contributed by atoms with Crippen LogP contribution in [0.3, 0.4) is 0 Å². The van der Waals surface area contributed by atoms with Crippen molar-refractivity contribution >= 4 is 11.9 Å². The van der Waals surface area contributed by atoms with Crippen molar-refractivity contribution in [1.29, 1.82) is 0 Å². The Labute approximate surface area is 69.9 Å². The lowest BCUT2D eigenvalue weighted by molar-refractivity contribution is -0.161. The number of carbonyl (C=O) groups excluding carboxylic acids is 2. The lowest BCUT2D eigenvalue weighted by Crippen LogP contribution is -2.18. The summed E-state index contributed by atoms with van der Waals surface area (Å²) in [7, 11) is 2.57. The Hall–Kier alpha value is -1.36. The lowest BCUT2D eigenvalue weighted by Gasteiger charge is -2.02. The van der Waals surface area contributed by atoms with Gasteiger partial charge in [-0.05, 0) is 6.58 Å². The summed E-state index contributed by atoms with van der Waals surface area (Å²) in [5, 5.41) is 0. The van der Waals surface area contributed by atoms with E-state index in [2.05, 4.69) is 20.8 Å². The molecule has 0 aliphatic heterocycles. The Balaban J connectivity index is 3.84. The summed E-state index contributed by atoms with van der Waals surface area (Å²) >= 11 is 0. The number of esters is 2. The normalized spacial score (nSPS) is 8.83. The highest BCUT2D eigenvalue weighted by atomic mass is 16.6. The molecule has 0 aromatic carbocycles. The number of rotatable bonds is 4. The molecule has 0 radical (unpaired) electrons. The first-order valence-corrected chi connectivity index (χ1v) is 3.08. The molecule has 5 nitrogen and oxygen atoms in total. The van der Waals surface area contributed by atoms with E-state index in [0.717, 1.165) is 0 Å². The van der Waals surface area contributed by atoms with Gasteiger partial charge < -0.3 is 14.2 Å². The first kappa shape index (κ1) is 10.6. The van der Waals surface area contributed by atoms with Crippen LogP contribution in [0.2, 0.25) is 0 Å². The fourth-order valence-corrected chi connectivity index (χ4v) is 0.391. The van der Waals surface area contributed by atoms with Gasteiger partial charge in [-0.3, -0.25) is 0 Å². The zero-order chi connectivity index (χ0) is 9.56. The number of methoxy groups -OCH3 is 2. The molecule has 0 saturated carbocycles. The molecule has 0 unspecified atom stereocenters. The van der Waals surface area contributed by atoms with E-state index in [0.29, 0.717) is 0 Å². The van der Waals surface area contributed by atoms with E-state index in [4.69, 9.17) is 0 Å². The van der Waals surface area contributed by atoms with Gasteiger partial charge in [0.25, 0.3) is 0 Å². The second-order valence-corrected chi connectivity index (χ2v) is 1.82. The molecule has 0 aromatic rings. The third-order valence-corrected chi connectivity index (χ3v) is 0.943. The Morgan fingerprint density at radius 2 is 1.92 bits per heavy atom. The Bertz CT molecular complexity index is 196. The SMILES string of the molecule is C=C(OC)C(=O)OC(=O)COC. The van der Waals surface area contributed by atoms with Crippen LogP contribution in [0, 0.1) is 0 Å². The number of ether oxygens (including phenoxy) is 3. The van der Waals surface area contributed by atoms with Crippen LogP contribution in [0.15, 0.2) is 12.3 Å². The Morgan fingerprint density at radius 3 is 2.33 bits per heavy atom. The van der Waals surface area contributed by atoms with Gasteiger partial charge in [-0.1, -0.05) is 0 Å². The molecule has 12 heavy (non-hydrogen) atoms. The molecule has 0 bridgehead atoms. The van der Waals surface area contributed by atoms with Crippen LogP contribution in [0.25, 0.3) is 0 Å². The van der Waals surface area contributed by atoms with Gasteiger partial charge in [0.2, 0.25) is 0 Å². The van der Waals surface area contributed by atoms with Crippen molar-refractivity contribution in [1.82, 2.24) is 0 Å². The molecule has 0 aromatic heterocycles. The zero-order valence-corrected chi connectivity index (χ0v) is 6.96. The van der Waals surface area contributed by atoms with Gasteiger partial charge in [0.05, 0.1) is 7.11 Å². The summed E-state index contributed by atoms with van der Waals surface area (Å²) in [5.41, 5.74) is 0. The first-order valence-electron chi connectivity index (χ1n) is 3.08. The van der Waals surface area contributed by atoms with Gasteiger partial charge in [0.1, 0.15) is 6.61 Å². The van der Waals surface area contributed by atoms with Crippen molar-refractivity contribution in [2.24, 2.45) is 0 Å². The molecule has 0 aliphatic carbocycles. The summed E-state index contributed by atoms with van der Waals surface area (Å²) in [4.78, 5) is 21.3. The molecular formula is C7H10O5. The van der Waals surface area contributed by atoms with E-state index in [9.17, 15) is 9.59 Å². The second-order valence-electron chi connectivity index (χ2n) is 1.82. The average molecular weight is 174 g/mol. The van der Waals surface area contributed by atoms with Crippen LogP contribution < -0.4 is 0 Å². The van der Waals surface area contributed by atoms with Crippen molar-refractivity contribution in [2.75, 3.05) is 20.8 Å². The van der Waals surface area contributed by atoms with Crippen LogP contribution in [-0.2, 0) is 23.8 Å². The van der Waals surface area contributed by atoms with Crippen molar-refractivity contribution in [3.05, 3.63) is 12.3 Å². The van der Waals surface area contributed by atoms with E-state index in [1.807, 2.05) is 0 Å². The van der Waals surface area contributed by atoms with Crippen molar-refractivity contribution in [3.8, 4) is 0 Å². The Kier molecular flexibility index (Phi) is 4.71. The molecule has 0 fully saturated rings. The molecule has 68 valence electrons. The predicted molar refractivity (Wildman–Crippen MR) is 39.1 cm³/mol. The molecule has 0 atom stereocenters. The molecule has 0 rings (SSSR count). The van der Waals surface area contributed by atoms with Crippen LogP contribution in [-0.4, -0.2) is 32.8 Å². The lowest BCUT2D eigenvalue weighted by atomic mass is 10.6. The first-order chi connectivity index (χ1) is 5.61. The van der Waals surface area contributed by atoms with E-state index in [1.54, 1.807) is 0 Å². The largest absolute Gasteiger partial charge is 0.490 e. The minimum absolute atomic E-state index is 0.223. The van der Waals surface area contributed by atoms with Crippen molar-refractivity contribution < 1.29 is 23.8 Å². The number of hydrogen-bond acceptors (Lipinski definition) is 5. The van der Waals surface area contributed by atoms with Gasteiger partial charge in [-0.2, -0.15) is 0 Å². The van der Waals surface area contributed by atoms with E-state index >= 15 is 0 Å². The molecule has 0 heterocycles. The topological polar surface area (TPSA) is 61.8 Å². The molecule has 0 spiro atoms. The van der Waals surface area contributed by atoms with Crippen molar-refractivity contribution in [2.45, 2.75) is 0 Å². The maximum absolute atomic E-state index is 10.7. The molecule has 0 N–H and O–H groups in total. The van der Waals surface area contributed by atoms with Gasteiger partial charge in [-0.15, -0.1) is 0 Å². The highest BCUT2D eigenvalue weighted by Crippen LogP contribution is 1.94. The minimum Gasteiger partial charge on any atom is -0.490 e. The van der Waals surface area contributed by atoms with E-state index in [-0.39, 0.29) is 12.4 Å². The van der Waals surface area contributed by atoms with Gasteiger partial charge in [-0.25, -0.2) is 9.59 Å². The summed E-state index contributed by atoms with van der Waals surface area (Å²) < 4.78 is 13.1. The number of hydrogen-bond donors (Lipinski definition) is 0. The van der Waals surface area contributed by atoms with Crippen molar-refractivity contribution in [3.63, 3.8) is 0 Å². The van der Waals surface area contributed by atoms with Crippen LogP contribution in [0.1, 0.15) is 0 Å². The maximum atomic E-state index is 10.7. The van der Waals surface area contributed by atoms with E-state index in [1.165, 1.54) is 14.2 Å². The highest BCUT2D eigenvalue weighted by molar-refractivity contribution is 5.94. The van der Waals surface area contributed by atoms with Crippen LogP contribution in [0.5, 0.6) is 0 Å². The minimum atomic E-state index is -0.903. The highest BCUT2D eigenvalue weighted by Gasteiger charge is 2.13. The van der Waals surface area contributed by atoms with Crippen LogP contribution >= 0.6 is 0 Å². The number of carbonyl (C=O) groups is 2. The zero-order valence-electron chi connectivity index (χ0n) is 6.96. The monoisotopic (exact) mass is 174 g/mol. The smallest absolute Gasteiger partial charge is 0.380 e. The molecule has 0 amide bonds. The quantitative estimate of drug-likeness (QED) is 0.257. The standard InChI is InChI=1S/C7H10O5/c1-5(11-3)7(9)12-6(8)4-10-2/h1,4H2,2-3H3. The molecule has 5 heteroatoms. The van der Waals surface area contributed by atoms with Gasteiger partial charge >= 0.3 is 11.9 Å². The molecule has 0 saturated heterocycles. The average Bonchev–Trinajstić information content (AvgIpc) is 2.03. The molecule has 0 aliphatic rings. The molecular weight excluding hydrogens is 164 g/mol. The fourth-order valence-electron chi connectivity index (χ4n) is 0.391. The van der Waals surface area contributed by atoms with Gasteiger partial charge in [0, 0.05) is 7.11 Å². The second kappa shape index (κ2) is 5.31. The third kappa shape index (κ3) is 3.72. The summed E-state index contributed by atoms with van der Waals surface area (Å²) in [6.45, 7) is 2.92.